The van der Waals surface area contributed by atoms with E-state index < -0.39 is 0 Å². The zero-order chi connectivity index (χ0) is 13.1. The lowest BCUT2D eigenvalue weighted by atomic mass is 9.85. The van der Waals surface area contributed by atoms with Crippen LogP contribution in [0.2, 0.25) is 0 Å². The molecule has 1 fully saturated rings. The second-order valence-corrected chi connectivity index (χ2v) is 4.95. The number of amides is 1. The standard InChI is InChI=1S/C13H20N2O3/c1-8-12(18-9(2)14-8)13(17)15-11-6-4-3-5-10(11)7-16/h10-11,16H,3-7H2,1-2H3,(H,15,17). The normalized spacial score (nSPS) is 23.9. The summed E-state index contributed by atoms with van der Waals surface area (Å²) in [6, 6.07) is 0.0426. The molecule has 0 aliphatic heterocycles. The molecule has 0 radical (unpaired) electrons. The SMILES string of the molecule is Cc1nc(C)c(C(=O)NC2CCCCC2CO)o1. The molecule has 2 rings (SSSR count). The first kappa shape index (κ1) is 13.1. The number of aromatic nitrogens is 1. The predicted octanol–water partition coefficient (Wildman–Crippen LogP) is 1.57. The first-order chi connectivity index (χ1) is 8.61. The molecule has 5 nitrogen and oxygen atoms in total. The molecule has 0 bridgehead atoms. The van der Waals surface area contributed by atoms with Crippen LogP contribution in [0, 0.1) is 19.8 Å². The van der Waals surface area contributed by atoms with Crippen molar-refractivity contribution in [2.24, 2.45) is 5.92 Å². The van der Waals surface area contributed by atoms with Gasteiger partial charge in [-0.25, -0.2) is 4.98 Å². The molecular formula is C13H20N2O3. The third-order valence-electron chi connectivity index (χ3n) is 3.57. The Hall–Kier alpha value is -1.36. The maximum absolute atomic E-state index is 12.1. The average molecular weight is 252 g/mol. The van der Waals surface area contributed by atoms with Crippen molar-refractivity contribution in [3.8, 4) is 0 Å². The molecule has 1 aromatic heterocycles. The molecule has 0 spiro atoms. The zero-order valence-corrected chi connectivity index (χ0v) is 10.9. The number of nitrogens with zero attached hydrogens (tertiary/aromatic N) is 1. The van der Waals surface area contributed by atoms with E-state index in [9.17, 15) is 9.90 Å². The molecule has 2 N–H and O–H groups in total. The molecule has 1 saturated carbocycles. The van der Waals surface area contributed by atoms with E-state index in [0.29, 0.717) is 11.6 Å². The van der Waals surface area contributed by atoms with E-state index in [-0.39, 0.29) is 30.2 Å². The molecule has 18 heavy (non-hydrogen) atoms. The van der Waals surface area contributed by atoms with Gasteiger partial charge in [0.2, 0.25) is 5.76 Å². The maximum Gasteiger partial charge on any atom is 0.289 e. The largest absolute Gasteiger partial charge is 0.436 e. The Morgan fingerprint density at radius 2 is 2.17 bits per heavy atom. The fraction of sp³-hybridized carbons (Fsp3) is 0.692. The van der Waals surface area contributed by atoms with E-state index in [4.69, 9.17) is 4.42 Å². The molecule has 2 atom stereocenters. The van der Waals surface area contributed by atoms with Gasteiger partial charge in [0, 0.05) is 25.5 Å². The molecule has 0 aromatic carbocycles. The van der Waals surface area contributed by atoms with Crippen molar-refractivity contribution >= 4 is 5.91 Å². The number of nitrogens with one attached hydrogen (secondary N) is 1. The van der Waals surface area contributed by atoms with Crippen LogP contribution in [-0.2, 0) is 0 Å². The molecule has 2 unspecified atom stereocenters. The van der Waals surface area contributed by atoms with Gasteiger partial charge in [-0.1, -0.05) is 12.8 Å². The Kier molecular flexibility index (Phi) is 4.01. The van der Waals surface area contributed by atoms with Gasteiger partial charge in [0.25, 0.3) is 5.91 Å². The highest BCUT2D eigenvalue weighted by Crippen LogP contribution is 2.24. The third kappa shape index (κ3) is 2.72. The topological polar surface area (TPSA) is 75.4 Å². The Bertz CT molecular complexity index is 428. The number of carbonyl (C=O) groups is 1. The Morgan fingerprint density at radius 3 is 2.78 bits per heavy atom. The molecule has 1 aliphatic carbocycles. The van der Waals surface area contributed by atoms with Crippen molar-refractivity contribution in [1.82, 2.24) is 10.3 Å². The summed E-state index contributed by atoms with van der Waals surface area (Å²) in [7, 11) is 0. The van der Waals surface area contributed by atoms with Crippen LogP contribution in [0.15, 0.2) is 4.42 Å². The Labute approximate surface area is 107 Å². The van der Waals surface area contributed by atoms with Crippen LogP contribution < -0.4 is 5.32 Å². The van der Waals surface area contributed by atoms with Crippen LogP contribution in [0.4, 0.5) is 0 Å². The maximum atomic E-state index is 12.1. The highest BCUT2D eigenvalue weighted by molar-refractivity contribution is 5.92. The Morgan fingerprint density at radius 1 is 1.44 bits per heavy atom. The van der Waals surface area contributed by atoms with E-state index in [2.05, 4.69) is 10.3 Å². The van der Waals surface area contributed by atoms with Gasteiger partial charge < -0.3 is 14.8 Å². The van der Waals surface area contributed by atoms with E-state index in [1.807, 2.05) is 0 Å². The van der Waals surface area contributed by atoms with Crippen molar-refractivity contribution in [3.63, 3.8) is 0 Å². The highest BCUT2D eigenvalue weighted by atomic mass is 16.4. The molecule has 1 aromatic rings. The molecular weight excluding hydrogens is 232 g/mol. The highest BCUT2D eigenvalue weighted by Gasteiger charge is 2.27. The third-order valence-corrected chi connectivity index (χ3v) is 3.57. The van der Waals surface area contributed by atoms with Crippen LogP contribution in [0.25, 0.3) is 0 Å². The smallest absolute Gasteiger partial charge is 0.289 e. The van der Waals surface area contributed by atoms with Crippen LogP contribution in [0.5, 0.6) is 0 Å². The predicted molar refractivity (Wildman–Crippen MR) is 66.3 cm³/mol. The minimum Gasteiger partial charge on any atom is -0.436 e. The number of aliphatic hydroxyl groups is 1. The lowest BCUT2D eigenvalue weighted by molar-refractivity contribution is 0.0843. The molecule has 0 saturated heterocycles. The number of hydrogen-bond donors (Lipinski definition) is 2. The number of carbonyl (C=O) groups excluding carboxylic acids is 1. The summed E-state index contributed by atoms with van der Waals surface area (Å²) in [4.78, 5) is 16.2. The Balaban J connectivity index is 2.04. The molecule has 1 aliphatic rings. The number of aliphatic hydroxyl groups excluding tert-OH is 1. The lowest BCUT2D eigenvalue weighted by Gasteiger charge is -2.30. The number of hydrogen-bond acceptors (Lipinski definition) is 4. The minimum absolute atomic E-state index is 0.0426. The summed E-state index contributed by atoms with van der Waals surface area (Å²) >= 11 is 0. The fourth-order valence-corrected chi connectivity index (χ4v) is 2.59. The first-order valence-corrected chi connectivity index (χ1v) is 6.47. The molecule has 1 heterocycles. The van der Waals surface area contributed by atoms with Crippen LogP contribution in [0.3, 0.4) is 0 Å². The summed E-state index contributed by atoms with van der Waals surface area (Å²) in [6.45, 7) is 3.61. The van der Waals surface area contributed by atoms with Crippen molar-refractivity contribution in [2.45, 2.75) is 45.6 Å². The number of aryl methyl sites for hydroxylation is 2. The summed E-state index contributed by atoms with van der Waals surface area (Å²) in [5, 5.41) is 12.3. The van der Waals surface area contributed by atoms with Crippen LogP contribution >= 0.6 is 0 Å². The van der Waals surface area contributed by atoms with E-state index in [1.54, 1.807) is 13.8 Å². The summed E-state index contributed by atoms with van der Waals surface area (Å²) < 4.78 is 5.30. The van der Waals surface area contributed by atoms with Gasteiger partial charge in [0.15, 0.2) is 5.89 Å². The quantitative estimate of drug-likeness (QED) is 0.856. The second-order valence-electron chi connectivity index (χ2n) is 4.95. The first-order valence-electron chi connectivity index (χ1n) is 6.47. The van der Waals surface area contributed by atoms with Gasteiger partial charge in [-0.15, -0.1) is 0 Å². The van der Waals surface area contributed by atoms with Gasteiger partial charge in [0.1, 0.15) is 0 Å². The van der Waals surface area contributed by atoms with Crippen molar-refractivity contribution in [2.75, 3.05) is 6.61 Å². The fourth-order valence-electron chi connectivity index (χ4n) is 2.59. The van der Waals surface area contributed by atoms with E-state index in [0.717, 1.165) is 25.7 Å². The summed E-state index contributed by atoms with van der Waals surface area (Å²) in [5.41, 5.74) is 0.612. The molecule has 1 amide bonds. The van der Waals surface area contributed by atoms with Gasteiger partial charge in [-0.2, -0.15) is 0 Å². The second kappa shape index (κ2) is 5.52. The summed E-state index contributed by atoms with van der Waals surface area (Å²) in [5.74, 6) is 0.722. The van der Waals surface area contributed by atoms with Gasteiger partial charge in [-0.3, -0.25) is 4.79 Å². The van der Waals surface area contributed by atoms with Crippen molar-refractivity contribution in [1.29, 1.82) is 0 Å². The van der Waals surface area contributed by atoms with Crippen molar-refractivity contribution < 1.29 is 14.3 Å². The summed E-state index contributed by atoms with van der Waals surface area (Å²) in [6.07, 6.45) is 4.10. The van der Waals surface area contributed by atoms with Crippen LogP contribution in [0.1, 0.15) is 47.8 Å². The van der Waals surface area contributed by atoms with Gasteiger partial charge >= 0.3 is 0 Å². The van der Waals surface area contributed by atoms with Crippen LogP contribution in [-0.4, -0.2) is 28.6 Å². The monoisotopic (exact) mass is 252 g/mol. The lowest BCUT2D eigenvalue weighted by Crippen LogP contribution is -2.43. The van der Waals surface area contributed by atoms with Gasteiger partial charge in [0.05, 0.1) is 5.69 Å². The van der Waals surface area contributed by atoms with E-state index in [1.165, 1.54) is 0 Å². The number of oxazole rings is 1. The zero-order valence-electron chi connectivity index (χ0n) is 10.9. The average Bonchev–Trinajstić information content (AvgIpc) is 2.69. The van der Waals surface area contributed by atoms with Gasteiger partial charge in [-0.05, 0) is 19.8 Å². The molecule has 5 heteroatoms. The number of rotatable bonds is 3. The molecule has 100 valence electrons. The minimum atomic E-state index is -0.224. The van der Waals surface area contributed by atoms with E-state index >= 15 is 0 Å². The van der Waals surface area contributed by atoms with Crippen molar-refractivity contribution in [3.05, 3.63) is 17.3 Å².